The van der Waals surface area contributed by atoms with Gasteiger partial charge in [0.25, 0.3) is 0 Å². The number of nitrogens with two attached hydrogens (primary N) is 1. The average molecular weight is 251 g/mol. The minimum absolute atomic E-state index is 0.176. The summed E-state index contributed by atoms with van der Waals surface area (Å²) in [5, 5.41) is 0. The van der Waals surface area contributed by atoms with Gasteiger partial charge in [0, 0.05) is 6.04 Å². The fraction of sp³-hybridized carbons (Fsp3) is 0.571. The molecule has 0 spiro atoms. The first-order valence-corrected chi connectivity index (χ1v) is 7.44. The lowest BCUT2D eigenvalue weighted by Gasteiger charge is -2.27. The van der Waals surface area contributed by atoms with Crippen LogP contribution in [0.4, 0.5) is 0 Å². The molecule has 1 aromatic carbocycles. The van der Waals surface area contributed by atoms with E-state index in [2.05, 4.69) is 13.0 Å². The van der Waals surface area contributed by atoms with Crippen molar-refractivity contribution in [3.8, 4) is 5.75 Å². The molecule has 1 heterocycles. The molecule has 0 saturated carbocycles. The summed E-state index contributed by atoms with van der Waals surface area (Å²) in [5.41, 5.74) is 7.39. The fourth-order valence-corrected chi connectivity index (χ4v) is 3.33. The van der Waals surface area contributed by atoms with E-state index in [1.807, 2.05) is 30.0 Å². The molecule has 0 aliphatic carbocycles. The number of hydrogen-bond donors (Lipinski definition) is 1. The van der Waals surface area contributed by atoms with Crippen LogP contribution in [0.3, 0.4) is 0 Å². The van der Waals surface area contributed by atoms with Crippen molar-refractivity contribution in [3.05, 3.63) is 29.8 Å². The van der Waals surface area contributed by atoms with Gasteiger partial charge >= 0.3 is 0 Å². The van der Waals surface area contributed by atoms with E-state index in [0.29, 0.717) is 12.5 Å². The smallest absolute Gasteiger partial charge is 0.122 e. The molecular weight excluding hydrogens is 230 g/mol. The quantitative estimate of drug-likeness (QED) is 0.893. The Hall–Kier alpha value is -0.670. The zero-order valence-electron chi connectivity index (χ0n) is 10.4. The molecular formula is C14H21NOS. The van der Waals surface area contributed by atoms with Crippen molar-refractivity contribution >= 4 is 11.8 Å². The van der Waals surface area contributed by atoms with E-state index >= 15 is 0 Å². The summed E-state index contributed by atoms with van der Waals surface area (Å²) in [6, 6.07) is 8.29. The van der Waals surface area contributed by atoms with Crippen molar-refractivity contribution in [1.29, 1.82) is 0 Å². The minimum atomic E-state index is 0.176. The van der Waals surface area contributed by atoms with Crippen molar-refractivity contribution in [2.45, 2.75) is 25.8 Å². The maximum absolute atomic E-state index is 6.21. The van der Waals surface area contributed by atoms with Crippen molar-refractivity contribution < 1.29 is 4.74 Å². The number of benzene rings is 1. The Labute approximate surface area is 108 Å². The van der Waals surface area contributed by atoms with Crippen LogP contribution in [0, 0.1) is 12.8 Å². The number of ether oxygens (including phenoxy) is 1. The lowest BCUT2D eigenvalue weighted by atomic mass is 9.95. The van der Waals surface area contributed by atoms with E-state index in [1.54, 1.807) is 0 Å². The molecule has 1 aromatic rings. The Kier molecular flexibility index (Phi) is 4.75. The van der Waals surface area contributed by atoms with Crippen LogP contribution >= 0.6 is 11.8 Å². The summed E-state index contributed by atoms with van der Waals surface area (Å²) in [4.78, 5) is 0. The van der Waals surface area contributed by atoms with Crippen molar-refractivity contribution in [2.75, 3.05) is 18.1 Å². The topological polar surface area (TPSA) is 35.2 Å². The number of thioether (sulfide) groups is 1. The summed E-state index contributed by atoms with van der Waals surface area (Å²) in [6.45, 7) is 2.71. The summed E-state index contributed by atoms with van der Waals surface area (Å²) in [5.74, 6) is 4.11. The third-order valence-electron chi connectivity index (χ3n) is 3.40. The van der Waals surface area contributed by atoms with E-state index in [4.69, 9.17) is 10.5 Å². The summed E-state index contributed by atoms with van der Waals surface area (Å²) in [6.07, 6.45) is 2.48. The Morgan fingerprint density at radius 1 is 1.35 bits per heavy atom. The van der Waals surface area contributed by atoms with Gasteiger partial charge in [0.05, 0.1) is 0 Å². The second-order valence-corrected chi connectivity index (χ2v) is 5.91. The van der Waals surface area contributed by atoms with Crippen LogP contribution in [0.15, 0.2) is 24.3 Å². The van der Waals surface area contributed by atoms with Gasteiger partial charge in [-0.25, -0.2) is 0 Å². The molecule has 94 valence electrons. The molecule has 2 N–H and O–H groups in total. The van der Waals surface area contributed by atoms with Gasteiger partial charge in [-0.1, -0.05) is 18.2 Å². The van der Waals surface area contributed by atoms with Gasteiger partial charge in [0.1, 0.15) is 12.4 Å². The standard InChI is InChI=1S/C14H21NOS/c1-11-4-2-3-5-14(11)16-10-13(15)12-6-8-17-9-7-12/h2-5,12-13H,6-10,15H2,1H3. The first kappa shape index (κ1) is 12.8. The minimum Gasteiger partial charge on any atom is -0.492 e. The Morgan fingerprint density at radius 3 is 2.76 bits per heavy atom. The first-order chi connectivity index (χ1) is 8.27. The Balaban J connectivity index is 1.83. The van der Waals surface area contributed by atoms with E-state index in [0.717, 1.165) is 5.75 Å². The zero-order chi connectivity index (χ0) is 12.1. The van der Waals surface area contributed by atoms with Crippen LogP contribution in [0.2, 0.25) is 0 Å². The van der Waals surface area contributed by atoms with Crippen molar-refractivity contribution in [2.24, 2.45) is 11.7 Å². The first-order valence-electron chi connectivity index (χ1n) is 6.29. The van der Waals surface area contributed by atoms with E-state index in [1.165, 1.54) is 29.9 Å². The molecule has 1 saturated heterocycles. The second-order valence-electron chi connectivity index (χ2n) is 4.69. The number of hydrogen-bond acceptors (Lipinski definition) is 3. The molecule has 2 nitrogen and oxygen atoms in total. The summed E-state index contributed by atoms with van der Waals surface area (Å²) < 4.78 is 5.82. The van der Waals surface area contributed by atoms with Gasteiger partial charge < -0.3 is 10.5 Å². The molecule has 0 aromatic heterocycles. The zero-order valence-corrected chi connectivity index (χ0v) is 11.2. The summed E-state index contributed by atoms with van der Waals surface area (Å²) >= 11 is 2.04. The predicted octanol–water partition coefficient (Wildman–Crippen LogP) is 2.84. The van der Waals surface area contributed by atoms with Crippen LogP contribution in [-0.2, 0) is 0 Å². The van der Waals surface area contributed by atoms with Crippen molar-refractivity contribution in [3.63, 3.8) is 0 Å². The molecule has 0 bridgehead atoms. The van der Waals surface area contributed by atoms with Gasteiger partial charge in [0.2, 0.25) is 0 Å². The van der Waals surface area contributed by atoms with Crippen LogP contribution in [-0.4, -0.2) is 24.2 Å². The highest BCUT2D eigenvalue weighted by Crippen LogP contribution is 2.25. The highest BCUT2D eigenvalue weighted by Gasteiger charge is 2.21. The SMILES string of the molecule is Cc1ccccc1OCC(N)C1CCSCC1. The molecule has 0 amide bonds. The average Bonchev–Trinajstić information content (AvgIpc) is 2.38. The molecule has 2 rings (SSSR count). The Bertz CT molecular complexity index is 350. The summed E-state index contributed by atoms with van der Waals surface area (Å²) in [7, 11) is 0. The number of para-hydroxylation sites is 1. The highest BCUT2D eigenvalue weighted by molar-refractivity contribution is 7.99. The van der Waals surface area contributed by atoms with Crippen LogP contribution in [0.1, 0.15) is 18.4 Å². The van der Waals surface area contributed by atoms with Crippen LogP contribution < -0.4 is 10.5 Å². The van der Waals surface area contributed by atoms with Crippen molar-refractivity contribution in [1.82, 2.24) is 0 Å². The molecule has 3 heteroatoms. The maximum Gasteiger partial charge on any atom is 0.122 e. The van der Waals surface area contributed by atoms with Gasteiger partial charge in [-0.15, -0.1) is 0 Å². The monoisotopic (exact) mass is 251 g/mol. The normalized spacial score (nSPS) is 18.9. The third kappa shape index (κ3) is 3.65. The molecule has 1 aliphatic heterocycles. The van der Waals surface area contributed by atoms with Crippen LogP contribution in [0.25, 0.3) is 0 Å². The molecule has 1 fully saturated rings. The number of aryl methyl sites for hydroxylation is 1. The molecule has 1 aliphatic rings. The predicted molar refractivity (Wildman–Crippen MR) is 74.7 cm³/mol. The third-order valence-corrected chi connectivity index (χ3v) is 4.45. The highest BCUT2D eigenvalue weighted by atomic mass is 32.2. The van der Waals surface area contributed by atoms with Gasteiger partial charge in [0.15, 0.2) is 0 Å². The second kappa shape index (κ2) is 6.31. The van der Waals surface area contributed by atoms with E-state index in [9.17, 15) is 0 Å². The lowest BCUT2D eigenvalue weighted by molar-refractivity contribution is 0.237. The van der Waals surface area contributed by atoms with Gasteiger partial charge in [-0.05, 0) is 48.8 Å². The molecule has 17 heavy (non-hydrogen) atoms. The largest absolute Gasteiger partial charge is 0.492 e. The van der Waals surface area contributed by atoms with E-state index in [-0.39, 0.29) is 6.04 Å². The molecule has 1 unspecified atom stereocenters. The lowest BCUT2D eigenvalue weighted by Crippen LogP contribution is -2.37. The molecule has 1 atom stereocenters. The maximum atomic E-state index is 6.21. The number of rotatable bonds is 4. The Morgan fingerprint density at radius 2 is 2.06 bits per heavy atom. The van der Waals surface area contributed by atoms with Gasteiger partial charge in [-0.3, -0.25) is 0 Å². The van der Waals surface area contributed by atoms with E-state index < -0.39 is 0 Å². The van der Waals surface area contributed by atoms with Gasteiger partial charge in [-0.2, -0.15) is 11.8 Å². The molecule has 0 radical (unpaired) electrons. The van der Waals surface area contributed by atoms with Crippen LogP contribution in [0.5, 0.6) is 5.75 Å². The fourth-order valence-electron chi connectivity index (χ4n) is 2.18.